The van der Waals surface area contributed by atoms with Crippen LogP contribution in [0, 0.1) is 11.3 Å². The molecule has 0 aliphatic heterocycles. The predicted octanol–water partition coefficient (Wildman–Crippen LogP) is 5.43. The zero-order chi connectivity index (χ0) is 19.9. The van der Waals surface area contributed by atoms with Crippen molar-refractivity contribution in [1.29, 1.82) is 5.26 Å². The van der Waals surface area contributed by atoms with E-state index in [9.17, 15) is 0 Å². The van der Waals surface area contributed by atoms with Gasteiger partial charge in [-0.05, 0) is 42.0 Å². The van der Waals surface area contributed by atoms with E-state index in [1.807, 2.05) is 66.7 Å². The molecule has 0 fully saturated rings. The topological polar surface area (TPSA) is 64.8 Å². The molecule has 0 radical (unpaired) electrons. The molecule has 1 aromatic heterocycles. The summed E-state index contributed by atoms with van der Waals surface area (Å²) in [6.45, 7) is 0.651. The van der Waals surface area contributed by atoms with E-state index in [1.165, 1.54) is 5.56 Å². The van der Waals surface area contributed by atoms with E-state index in [0.29, 0.717) is 23.9 Å². The van der Waals surface area contributed by atoms with Crippen molar-refractivity contribution in [1.82, 2.24) is 9.97 Å². The Balaban J connectivity index is 1.66. The zero-order valence-corrected chi connectivity index (χ0v) is 15.7. The first kappa shape index (κ1) is 18.2. The van der Waals surface area contributed by atoms with E-state index in [1.54, 1.807) is 18.3 Å². The van der Waals surface area contributed by atoms with Gasteiger partial charge in [0.2, 0.25) is 5.95 Å². The number of benzene rings is 3. The quantitative estimate of drug-likeness (QED) is 0.485. The van der Waals surface area contributed by atoms with Crippen LogP contribution in [0.2, 0.25) is 0 Å². The van der Waals surface area contributed by atoms with Crippen LogP contribution < -0.4 is 10.2 Å². The third-order valence-electron chi connectivity index (χ3n) is 4.40. The Bertz CT molecular complexity index is 1120. The maximum Gasteiger partial charge on any atom is 0.232 e. The molecule has 29 heavy (non-hydrogen) atoms. The second kappa shape index (κ2) is 8.68. The van der Waals surface area contributed by atoms with Crippen molar-refractivity contribution < 1.29 is 0 Å². The van der Waals surface area contributed by atoms with E-state index < -0.39 is 0 Å². The summed E-state index contributed by atoms with van der Waals surface area (Å²) in [7, 11) is 0. The molecule has 3 aromatic carbocycles. The van der Waals surface area contributed by atoms with Crippen molar-refractivity contribution in [3.05, 3.63) is 108 Å². The molecule has 4 aromatic rings. The summed E-state index contributed by atoms with van der Waals surface area (Å²) in [6, 6.07) is 31.6. The Morgan fingerprint density at radius 2 is 1.62 bits per heavy atom. The highest BCUT2D eigenvalue weighted by molar-refractivity contribution is 5.62. The van der Waals surface area contributed by atoms with Crippen molar-refractivity contribution in [3.63, 3.8) is 0 Å². The van der Waals surface area contributed by atoms with Crippen molar-refractivity contribution in [2.24, 2.45) is 0 Å². The first-order valence-corrected chi connectivity index (χ1v) is 9.28. The average molecular weight is 377 g/mol. The largest absolute Gasteiger partial charge is 0.340 e. The van der Waals surface area contributed by atoms with Gasteiger partial charge in [-0.3, -0.25) is 0 Å². The molecule has 0 saturated carbocycles. The van der Waals surface area contributed by atoms with Gasteiger partial charge in [0.25, 0.3) is 0 Å². The normalized spacial score (nSPS) is 10.2. The fourth-order valence-electron chi connectivity index (χ4n) is 3.01. The van der Waals surface area contributed by atoms with Gasteiger partial charge in [-0.2, -0.15) is 10.2 Å². The number of aromatic nitrogens is 2. The maximum atomic E-state index is 9.10. The van der Waals surface area contributed by atoms with E-state index in [4.69, 9.17) is 10.2 Å². The number of nitrogens with zero attached hydrogens (tertiary/aromatic N) is 4. The third kappa shape index (κ3) is 4.57. The Morgan fingerprint density at radius 3 is 2.38 bits per heavy atom. The lowest BCUT2D eigenvalue weighted by molar-refractivity contribution is 0.913. The van der Waals surface area contributed by atoms with Gasteiger partial charge in [0.1, 0.15) is 5.82 Å². The fourth-order valence-corrected chi connectivity index (χ4v) is 3.01. The van der Waals surface area contributed by atoms with Gasteiger partial charge in [-0.25, -0.2) is 4.98 Å². The molecule has 0 amide bonds. The van der Waals surface area contributed by atoms with Crippen molar-refractivity contribution >= 4 is 23.1 Å². The summed E-state index contributed by atoms with van der Waals surface area (Å²) in [6.07, 6.45) is 1.74. The number of hydrogen-bond acceptors (Lipinski definition) is 5. The van der Waals surface area contributed by atoms with E-state index in [0.717, 1.165) is 11.4 Å². The number of anilines is 4. The van der Waals surface area contributed by atoms with Gasteiger partial charge in [0, 0.05) is 17.6 Å². The van der Waals surface area contributed by atoms with Crippen molar-refractivity contribution in [3.8, 4) is 6.07 Å². The summed E-state index contributed by atoms with van der Waals surface area (Å²) in [4.78, 5) is 11.3. The van der Waals surface area contributed by atoms with Crippen LogP contribution in [0.25, 0.3) is 0 Å². The highest BCUT2D eigenvalue weighted by atomic mass is 15.3. The van der Waals surface area contributed by atoms with Crippen LogP contribution in [0.15, 0.2) is 97.2 Å². The van der Waals surface area contributed by atoms with E-state index in [2.05, 4.69) is 33.4 Å². The molecule has 1 heterocycles. The lowest BCUT2D eigenvalue weighted by Crippen LogP contribution is -2.19. The fraction of sp³-hybridized carbons (Fsp3) is 0.0417. The Morgan fingerprint density at radius 1 is 0.862 bits per heavy atom. The first-order valence-electron chi connectivity index (χ1n) is 9.28. The minimum absolute atomic E-state index is 0.597. The molecule has 5 nitrogen and oxygen atoms in total. The second-order valence-corrected chi connectivity index (χ2v) is 6.47. The Kier molecular flexibility index (Phi) is 5.45. The molecule has 0 bridgehead atoms. The molecule has 0 saturated heterocycles. The lowest BCUT2D eigenvalue weighted by Gasteiger charge is -2.23. The first-order chi connectivity index (χ1) is 14.3. The van der Waals surface area contributed by atoms with E-state index in [-0.39, 0.29) is 0 Å². The Hall–Kier alpha value is -4.17. The number of rotatable bonds is 6. The molecule has 4 rings (SSSR count). The summed E-state index contributed by atoms with van der Waals surface area (Å²) < 4.78 is 0. The van der Waals surface area contributed by atoms with Crippen LogP contribution in [-0.4, -0.2) is 9.97 Å². The zero-order valence-electron chi connectivity index (χ0n) is 15.7. The SMILES string of the molecule is N#Cc1cccc(Nc2ccnc(N(Cc3ccccc3)c3ccccc3)n2)c1. The van der Waals surface area contributed by atoms with Crippen LogP contribution in [0.4, 0.5) is 23.1 Å². The molecule has 0 aliphatic rings. The van der Waals surface area contributed by atoms with Crippen LogP contribution >= 0.6 is 0 Å². The van der Waals surface area contributed by atoms with Crippen LogP contribution in [0.1, 0.15) is 11.1 Å². The van der Waals surface area contributed by atoms with Gasteiger partial charge < -0.3 is 10.2 Å². The molecule has 0 spiro atoms. The second-order valence-electron chi connectivity index (χ2n) is 6.47. The van der Waals surface area contributed by atoms with Crippen molar-refractivity contribution in [2.75, 3.05) is 10.2 Å². The van der Waals surface area contributed by atoms with Crippen molar-refractivity contribution in [2.45, 2.75) is 6.54 Å². The maximum absolute atomic E-state index is 9.10. The number of para-hydroxylation sites is 1. The van der Waals surface area contributed by atoms with E-state index >= 15 is 0 Å². The molecule has 140 valence electrons. The summed E-state index contributed by atoms with van der Waals surface area (Å²) in [5.41, 5.74) is 3.59. The minimum Gasteiger partial charge on any atom is -0.340 e. The molecular formula is C24H19N5. The number of hydrogen-bond donors (Lipinski definition) is 1. The number of nitriles is 1. The summed E-state index contributed by atoms with van der Waals surface area (Å²) in [5.74, 6) is 1.26. The van der Waals surface area contributed by atoms with Gasteiger partial charge in [0.15, 0.2) is 0 Å². The monoisotopic (exact) mass is 377 g/mol. The standard InChI is InChI=1S/C24H19N5/c25-17-20-10-7-11-21(16-20)27-23-14-15-26-24(28-23)29(22-12-5-2-6-13-22)18-19-8-3-1-4-9-19/h1-16H,18H2,(H,26,27,28). The van der Waals surface area contributed by atoms with Crippen LogP contribution in [-0.2, 0) is 6.54 Å². The van der Waals surface area contributed by atoms with Gasteiger partial charge >= 0.3 is 0 Å². The summed E-state index contributed by atoms with van der Waals surface area (Å²) in [5, 5.41) is 12.4. The molecule has 5 heteroatoms. The van der Waals surface area contributed by atoms with Gasteiger partial charge in [0.05, 0.1) is 18.2 Å². The predicted molar refractivity (Wildman–Crippen MR) is 115 cm³/mol. The minimum atomic E-state index is 0.597. The molecule has 0 unspecified atom stereocenters. The molecule has 0 aliphatic carbocycles. The van der Waals surface area contributed by atoms with Gasteiger partial charge in [-0.15, -0.1) is 0 Å². The molecular weight excluding hydrogens is 358 g/mol. The smallest absolute Gasteiger partial charge is 0.232 e. The third-order valence-corrected chi connectivity index (χ3v) is 4.40. The van der Waals surface area contributed by atoms with Gasteiger partial charge in [-0.1, -0.05) is 54.6 Å². The molecule has 1 N–H and O–H groups in total. The average Bonchev–Trinajstić information content (AvgIpc) is 2.79. The van der Waals surface area contributed by atoms with Crippen LogP contribution in [0.3, 0.4) is 0 Å². The van der Waals surface area contributed by atoms with Crippen LogP contribution in [0.5, 0.6) is 0 Å². The highest BCUT2D eigenvalue weighted by Crippen LogP contribution is 2.26. The summed E-state index contributed by atoms with van der Waals surface area (Å²) >= 11 is 0. The lowest BCUT2D eigenvalue weighted by atomic mass is 10.2. The highest BCUT2D eigenvalue weighted by Gasteiger charge is 2.13. The number of nitrogens with one attached hydrogen (secondary N) is 1. The molecule has 0 atom stereocenters. The Labute approximate surface area is 169 Å².